The van der Waals surface area contributed by atoms with E-state index in [0.717, 1.165) is 0 Å². The monoisotopic (exact) mass is 596 g/mol. The van der Waals surface area contributed by atoms with E-state index < -0.39 is 30.2 Å². The molecule has 5 amide bonds. The van der Waals surface area contributed by atoms with Gasteiger partial charge in [-0.15, -0.1) is 0 Å². The van der Waals surface area contributed by atoms with Crippen molar-refractivity contribution in [2.45, 2.75) is 0 Å². The second-order valence-corrected chi connectivity index (χ2v) is 8.99. The van der Waals surface area contributed by atoms with Gasteiger partial charge in [0, 0.05) is 10.2 Å². The van der Waals surface area contributed by atoms with E-state index in [9.17, 15) is 23.6 Å². The van der Waals surface area contributed by atoms with E-state index in [1.807, 2.05) is 6.07 Å². The van der Waals surface area contributed by atoms with Crippen molar-refractivity contribution < 1.29 is 33.0 Å². The summed E-state index contributed by atoms with van der Waals surface area (Å²) in [4.78, 5) is 50.5. The van der Waals surface area contributed by atoms with Gasteiger partial charge in [-0.25, -0.2) is 14.1 Å². The number of methoxy groups -OCH3 is 1. The van der Waals surface area contributed by atoms with E-state index in [2.05, 4.69) is 31.9 Å². The first-order valence-corrected chi connectivity index (χ1v) is 12.3. The summed E-state index contributed by atoms with van der Waals surface area (Å²) in [6, 6.07) is 16.8. The standard InChI is InChI=1S/C27H22BrFN4O6/c1-38-22-12-16(18(28)13-23(22)39-15-25(35)30-17-7-3-2-4-8-17)11-21-26(36)33(27(37)32-21)14-24(34)31-20-10-6-5-9-19(20)29/h2-13H,14-15H2,1H3,(H,30,35)(H,31,34)(H,32,37)/b21-11+. The molecule has 3 aromatic carbocycles. The van der Waals surface area contributed by atoms with Crippen LogP contribution in [0.2, 0.25) is 0 Å². The molecule has 0 bridgehead atoms. The normalized spacial score (nSPS) is 13.7. The van der Waals surface area contributed by atoms with Gasteiger partial charge in [-0.1, -0.05) is 46.3 Å². The Balaban J connectivity index is 1.43. The Morgan fingerprint density at radius 3 is 2.44 bits per heavy atom. The predicted octanol–water partition coefficient (Wildman–Crippen LogP) is 4.15. The molecule has 39 heavy (non-hydrogen) atoms. The molecule has 1 heterocycles. The average molecular weight is 597 g/mol. The second-order valence-electron chi connectivity index (χ2n) is 8.13. The number of imide groups is 1. The van der Waals surface area contributed by atoms with Crippen molar-refractivity contribution in [3.63, 3.8) is 0 Å². The van der Waals surface area contributed by atoms with Crippen molar-refractivity contribution in [3.05, 3.63) is 88.3 Å². The summed E-state index contributed by atoms with van der Waals surface area (Å²) in [6.07, 6.45) is 1.40. The number of para-hydroxylation sites is 2. The zero-order chi connectivity index (χ0) is 27.9. The number of rotatable bonds is 9. The first-order valence-electron chi connectivity index (χ1n) is 11.5. The Hall–Kier alpha value is -4.71. The van der Waals surface area contributed by atoms with Gasteiger partial charge in [0.15, 0.2) is 18.1 Å². The summed E-state index contributed by atoms with van der Waals surface area (Å²) in [5, 5.41) is 7.47. The molecule has 12 heteroatoms. The van der Waals surface area contributed by atoms with Gasteiger partial charge in [0.1, 0.15) is 18.1 Å². The van der Waals surface area contributed by atoms with E-state index in [4.69, 9.17) is 9.47 Å². The van der Waals surface area contributed by atoms with Crippen LogP contribution in [0, 0.1) is 5.82 Å². The lowest BCUT2D eigenvalue weighted by Gasteiger charge is -2.13. The highest BCUT2D eigenvalue weighted by molar-refractivity contribution is 9.10. The van der Waals surface area contributed by atoms with Crippen LogP contribution in [-0.2, 0) is 14.4 Å². The van der Waals surface area contributed by atoms with Crippen LogP contribution < -0.4 is 25.4 Å². The molecule has 1 fully saturated rings. The number of hydrogen-bond acceptors (Lipinski definition) is 6. The minimum absolute atomic E-state index is 0.0683. The zero-order valence-corrected chi connectivity index (χ0v) is 22.1. The van der Waals surface area contributed by atoms with E-state index >= 15 is 0 Å². The van der Waals surface area contributed by atoms with E-state index in [1.165, 1.54) is 37.5 Å². The summed E-state index contributed by atoms with van der Waals surface area (Å²) in [6.45, 7) is -0.894. The van der Waals surface area contributed by atoms with Crippen LogP contribution in [0.3, 0.4) is 0 Å². The molecule has 0 spiro atoms. The molecule has 10 nitrogen and oxygen atoms in total. The second kappa shape index (κ2) is 12.2. The summed E-state index contributed by atoms with van der Waals surface area (Å²) < 4.78 is 25.3. The van der Waals surface area contributed by atoms with Gasteiger partial charge in [0.05, 0.1) is 12.8 Å². The number of hydrogen-bond donors (Lipinski definition) is 3. The van der Waals surface area contributed by atoms with Gasteiger partial charge in [0.2, 0.25) is 5.91 Å². The Bertz CT molecular complexity index is 1460. The molecule has 0 saturated carbocycles. The highest BCUT2D eigenvalue weighted by atomic mass is 79.9. The molecule has 0 radical (unpaired) electrons. The SMILES string of the molecule is COc1cc(/C=C2/NC(=O)N(CC(=O)Nc3ccccc3F)C2=O)c(Br)cc1OCC(=O)Nc1ccccc1. The largest absolute Gasteiger partial charge is 0.493 e. The molecule has 3 N–H and O–H groups in total. The lowest BCUT2D eigenvalue weighted by molar-refractivity contribution is -0.127. The average Bonchev–Trinajstić information content (AvgIpc) is 3.17. The summed E-state index contributed by atoms with van der Waals surface area (Å²) in [5.74, 6) is -1.97. The highest BCUT2D eigenvalue weighted by Gasteiger charge is 2.35. The number of ether oxygens (including phenoxy) is 2. The maximum atomic E-state index is 13.8. The molecular formula is C27H22BrFN4O6. The number of halogens is 2. The van der Waals surface area contributed by atoms with Crippen molar-refractivity contribution >= 4 is 57.1 Å². The molecule has 4 rings (SSSR count). The Morgan fingerprint density at radius 1 is 1.00 bits per heavy atom. The van der Waals surface area contributed by atoms with Crippen LogP contribution in [0.15, 0.2) is 76.9 Å². The Kier molecular flexibility index (Phi) is 8.56. The molecule has 200 valence electrons. The van der Waals surface area contributed by atoms with E-state index in [0.29, 0.717) is 20.6 Å². The van der Waals surface area contributed by atoms with Crippen molar-refractivity contribution in [1.82, 2.24) is 10.2 Å². The van der Waals surface area contributed by atoms with Crippen molar-refractivity contribution in [2.24, 2.45) is 0 Å². The minimum atomic E-state index is -0.803. The van der Waals surface area contributed by atoms with E-state index in [-0.39, 0.29) is 35.4 Å². The predicted molar refractivity (Wildman–Crippen MR) is 145 cm³/mol. The number of amides is 5. The van der Waals surface area contributed by atoms with Crippen molar-refractivity contribution in [1.29, 1.82) is 0 Å². The minimum Gasteiger partial charge on any atom is -0.493 e. The third-order valence-corrected chi connectivity index (χ3v) is 6.10. The van der Waals surface area contributed by atoms with Gasteiger partial charge in [0.25, 0.3) is 11.8 Å². The van der Waals surface area contributed by atoms with Crippen LogP contribution >= 0.6 is 15.9 Å². The molecule has 1 aliphatic heterocycles. The fourth-order valence-electron chi connectivity index (χ4n) is 3.56. The van der Waals surface area contributed by atoms with Gasteiger partial charge in [-0.3, -0.25) is 14.4 Å². The number of carbonyl (C=O) groups is 4. The van der Waals surface area contributed by atoms with Crippen molar-refractivity contribution in [2.75, 3.05) is 30.9 Å². The van der Waals surface area contributed by atoms with Crippen LogP contribution in [0.25, 0.3) is 6.08 Å². The fraction of sp³-hybridized carbons (Fsp3) is 0.111. The number of anilines is 2. The molecule has 0 aromatic heterocycles. The number of carbonyl (C=O) groups excluding carboxylic acids is 4. The molecular weight excluding hydrogens is 575 g/mol. The third-order valence-electron chi connectivity index (χ3n) is 5.41. The maximum absolute atomic E-state index is 13.8. The van der Waals surface area contributed by atoms with Crippen LogP contribution in [0.1, 0.15) is 5.56 Å². The topological polar surface area (TPSA) is 126 Å². The van der Waals surface area contributed by atoms with Crippen LogP contribution in [-0.4, -0.2) is 48.9 Å². The van der Waals surface area contributed by atoms with Crippen LogP contribution in [0.4, 0.5) is 20.6 Å². The number of nitrogens with one attached hydrogen (secondary N) is 3. The van der Waals surface area contributed by atoms with Gasteiger partial charge in [-0.05, 0) is 48.0 Å². The van der Waals surface area contributed by atoms with Crippen LogP contribution in [0.5, 0.6) is 11.5 Å². The number of benzene rings is 3. The quantitative estimate of drug-likeness (QED) is 0.252. The summed E-state index contributed by atoms with van der Waals surface area (Å²) >= 11 is 3.39. The number of urea groups is 1. The molecule has 1 aliphatic rings. The smallest absolute Gasteiger partial charge is 0.329 e. The first-order chi connectivity index (χ1) is 18.7. The Morgan fingerprint density at radius 2 is 1.72 bits per heavy atom. The van der Waals surface area contributed by atoms with Gasteiger partial charge < -0.3 is 25.4 Å². The molecule has 0 unspecified atom stereocenters. The lowest BCUT2D eigenvalue weighted by Crippen LogP contribution is -2.38. The summed E-state index contributed by atoms with van der Waals surface area (Å²) in [7, 11) is 1.41. The molecule has 0 atom stereocenters. The number of nitrogens with zero attached hydrogens (tertiary/aromatic N) is 1. The van der Waals surface area contributed by atoms with Gasteiger partial charge >= 0.3 is 6.03 Å². The third kappa shape index (κ3) is 6.79. The maximum Gasteiger partial charge on any atom is 0.329 e. The molecule has 0 aliphatic carbocycles. The van der Waals surface area contributed by atoms with Crippen molar-refractivity contribution in [3.8, 4) is 11.5 Å². The Labute approximate surface area is 230 Å². The first kappa shape index (κ1) is 27.3. The van der Waals surface area contributed by atoms with E-state index in [1.54, 1.807) is 36.4 Å². The zero-order valence-electron chi connectivity index (χ0n) is 20.5. The van der Waals surface area contributed by atoms with Gasteiger partial charge in [-0.2, -0.15) is 0 Å². The lowest BCUT2D eigenvalue weighted by atomic mass is 10.1. The molecule has 1 saturated heterocycles. The highest BCUT2D eigenvalue weighted by Crippen LogP contribution is 2.35. The molecule has 3 aromatic rings. The fourth-order valence-corrected chi connectivity index (χ4v) is 4.00. The summed E-state index contributed by atoms with van der Waals surface area (Å²) in [5.41, 5.74) is 0.927.